The molecule has 1 aliphatic carbocycles. The van der Waals surface area contributed by atoms with Crippen molar-refractivity contribution in [2.75, 3.05) is 5.73 Å². The fraction of sp³-hybridized carbons (Fsp3) is 0.556. The van der Waals surface area contributed by atoms with Gasteiger partial charge in [0.1, 0.15) is 11.4 Å². The van der Waals surface area contributed by atoms with Crippen molar-refractivity contribution in [3.05, 3.63) is 11.5 Å². The van der Waals surface area contributed by atoms with Crippen molar-refractivity contribution in [1.29, 1.82) is 0 Å². The van der Waals surface area contributed by atoms with Gasteiger partial charge in [0.05, 0.1) is 0 Å². The Morgan fingerprint density at radius 3 is 2.64 bits per heavy atom. The molecule has 1 aliphatic rings. The summed E-state index contributed by atoms with van der Waals surface area (Å²) in [7, 11) is 0. The maximum atomic E-state index is 10.6. The Hall–Kier alpha value is -1.52. The van der Waals surface area contributed by atoms with Gasteiger partial charge in [-0.2, -0.15) is 0 Å². The Bertz CT molecular complexity index is 353. The van der Waals surface area contributed by atoms with E-state index in [0.717, 1.165) is 25.7 Å². The fourth-order valence-electron chi connectivity index (χ4n) is 1.96. The molecule has 0 aliphatic heterocycles. The van der Waals surface area contributed by atoms with E-state index in [9.17, 15) is 4.79 Å². The fourth-order valence-corrected chi connectivity index (χ4v) is 1.96. The number of hydrogen-bond acceptors (Lipinski definition) is 4. The van der Waals surface area contributed by atoms with E-state index in [4.69, 9.17) is 15.4 Å². The van der Waals surface area contributed by atoms with Crippen LogP contribution in [-0.2, 0) is 0 Å². The van der Waals surface area contributed by atoms with E-state index in [1.165, 1.54) is 0 Å². The highest BCUT2D eigenvalue weighted by atomic mass is 16.5. The number of hydrogen-bond donors (Lipinski definition) is 2. The predicted octanol–water partition coefficient (Wildman–Crippen LogP) is 1.61. The Morgan fingerprint density at radius 1 is 1.50 bits per heavy atom. The summed E-state index contributed by atoms with van der Waals surface area (Å²) in [6, 6.07) is 0. The molecule has 5 heteroatoms. The van der Waals surface area contributed by atoms with Gasteiger partial charge in [0, 0.05) is 5.92 Å². The summed E-state index contributed by atoms with van der Waals surface area (Å²) in [5, 5.41) is 12.4. The number of nitrogen functional groups attached to an aromatic ring is 1. The monoisotopic (exact) mass is 196 g/mol. The first-order chi connectivity index (χ1) is 6.70. The lowest BCUT2D eigenvalue weighted by molar-refractivity contribution is 0.0653. The summed E-state index contributed by atoms with van der Waals surface area (Å²) < 4.78 is 4.69. The van der Waals surface area contributed by atoms with Gasteiger partial charge in [0.25, 0.3) is 5.76 Å². The second-order valence-electron chi connectivity index (χ2n) is 3.60. The van der Waals surface area contributed by atoms with Crippen LogP contribution in [0.3, 0.4) is 0 Å². The zero-order valence-corrected chi connectivity index (χ0v) is 7.69. The second-order valence-corrected chi connectivity index (χ2v) is 3.60. The predicted molar refractivity (Wildman–Crippen MR) is 49.1 cm³/mol. The van der Waals surface area contributed by atoms with Crippen LogP contribution in [0.15, 0.2) is 4.52 Å². The molecule has 0 radical (unpaired) electrons. The number of nitrogens with two attached hydrogens (primary N) is 1. The molecule has 1 fully saturated rings. The maximum absolute atomic E-state index is 10.6. The molecule has 1 saturated carbocycles. The number of anilines is 1. The van der Waals surface area contributed by atoms with Crippen LogP contribution in [0, 0.1) is 0 Å². The minimum Gasteiger partial charge on any atom is -0.475 e. The van der Waals surface area contributed by atoms with Gasteiger partial charge >= 0.3 is 5.97 Å². The lowest BCUT2D eigenvalue weighted by atomic mass is 10.0. The van der Waals surface area contributed by atoms with Crippen LogP contribution >= 0.6 is 0 Å². The van der Waals surface area contributed by atoms with Crippen LogP contribution in [-0.4, -0.2) is 16.2 Å². The molecule has 76 valence electrons. The minimum absolute atomic E-state index is 0.199. The normalized spacial score (nSPS) is 17.4. The van der Waals surface area contributed by atoms with Crippen molar-refractivity contribution in [2.45, 2.75) is 31.6 Å². The van der Waals surface area contributed by atoms with Crippen LogP contribution in [0.2, 0.25) is 0 Å². The number of aromatic carboxylic acids is 1. The van der Waals surface area contributed by atoms with Gasteiger partial charge in [-0.3, -0.25) is 0 Å². The van der Waals surface area contributed by atoms with Crippen LogP contribution < -0.4 is 5.73 Å². The van der Waals surface area contributed by atoms with Crippen LogP contribution in [0.4, 0.5) is 5.69 Å². The third-order valence-electron chi connectivity index (χ3n) is 2.69. The molecular formula is C9H12N2O3. The number of aromatic nitrogens is 1. The second kappa shape index (κ2) is 3.32. The van der Waals surface area contributed by atoms with Gasteiger partial charge in [-0.25, -0.2) is 4.79 Å². The van der Waals surface area contributed by atoms with Crippen molar-refractivity contribution in [1.82, 2.24) is 5.16 Å². The number of carboxylic acid groups (broad SMARTS) is 1. The van der Waals surface area contributed by atoms with Gasteiger partial charge in [-0.15, -0.1) is 0 Å². The zero-order chi connectivity index (χ0) is 10.1. The van der Waals surface area contributed by atoms with Crippen LogP contribution in [0.25, 0.3) is 0 Å². The summed E-state index contributed by atoms with van der Waals surface area (Å²) in [4.78, 5) is 10.6. The number of nitrogens with zero attached hydrogens (tertiary/aromatic N) is 1. The molecule has 5 nitrogen and oxygen atoms in total. The lowest BCUT2D eigenvalue weighted by Crippen LogP contribution is -2.02. The molecule has 0 saturated heterocycles. The summed E-state index contributed by atoms with van der Waals surface area (Å²) in [6.07, 6.45) is 4.35. The highest BCUT2D eigenvalue weighted by molar-refractivity contribution is 5.90. The van der Waals surface area contributed by atoms with E-state index >= 15 is 0 Å². The first-order valence-electron chi connectivity index (χ1n) is 4.68. The summed E-state index contributed by atoms with van der Waals surface area (Å²) >= 11 is 0. The minimum atomic E-state index is -1.15. The third-order valence-corrected chi connectivity index (χ3v) is 2.69. The summed E-state index contributed by atoms with van der Waals surface area (Å²) in [5.74, 6) is -1.10. The summed E-state index contributed by atoms with van der Waals surface area (Å²) in [5.41, 5.74) is 6.47. The highest BCUT2D eigenvalue weighted by Gasteiger charge is 2.27. The molecule has 0 bridgehead atoms. The zero-order valence-electron chi connectivity index (χ0n) is 7.69. The first kappa shape index (κ1) is 9.05. The summed E-state index contributed by atoms with van der Waals surface area (Å²) in [6.45, 7) is 0. The molecule has 1 heterocycles. The molecule has 0 unspecified atom stereocenters. The van der Waals surface area contributed by atoms with Crippen molar-refractivity contribution in [3.63, 3.8) is 0 Å². The topological polar surface area (TPSA) is 89.4 Å². The highest BCUT2D eigenvalue weighted by Crippen LogP contribution is 2.37. The van der Waals surface area contributed by atoms with E-state index in [-0.39, 0.29) is 17.4 Å². The Balaban J connectivity index is 2.30. The largest absolute Gasteiger partial charge is 0.475 e. The van der Waals surface area contributed by atoms with Crippen LogP contribution in [0.5, 0.6) is 0 Å². The van der Waals surface area contributed by atoms with Crippen molar-refractivity contribution >= 4 is 11.7 Å². The van der Waals surface area contributed by atoms with Gasteiger partial charge in [-0.05, 0) is 12.8 Å². The Labute approximate surface area is 80.9 Å². The van der Waals surface area contributed by atoms with E-state index < -0.39 is 5.97 Å². The molecule has 0 atom stereocenters. The average Bonchev–Trinajstić information content (AvgIpc) is 2.71. The molecule has 3 N–H and O–H groups in total. The quantitative estimate of drug-likeness (QED) is 0.750. The molecule has 1 aromatic rings. The number of rotatable bonds is 2. The van der Waals surface area contributed by atoms with E-state index in [1.807, 2.05) is 0 Å². The number of carboxylic acids is 1. The third kappa shape index (κ3) is 1.34. The van der Waals surface area contributed by atoms with Gasteiger partial charge in [0.2, 0.25) is 0 Å². The average molecular weight is 196 g/mol. The molecule has 1 aromatic heterocycles. The smallest absolute Gasteiger partial charge is 0.376 e. The van der Waals surface area contributed by atoms with Crippen molar-refractivity contribution in [3.8, 4) is 0 Å². The Morgan fingerprint density at radius 2 is 2.14 bits per heavy atom. The van der Waals surface area contributed by atoms with Gasteiger partial charge in [0.15, 0.2) is 0 Å². The molecule has 0 amide bonds. The van der Waals surface area contributed by atoms with Gasteiger partial charge in [-0.1, -0.05) is 18.0 Å². The van der Waals surface area contributed by atoms with Crippen molar-refractivity contribution in [2.24, 2.45) is 0 Å². The first-order valence-corrected chi connectivity index (χ1v) is 4.68. The molecule has 14 heavy (non-hydrogen) atoms. The van der Waals surface area contributed by atoms with E-state index in [0.29, 0.717) is 5.69 Å². The lowest BCUT2D eigenvalue weighted by Gasteiger charge is -2.03. The van der Waals surface area contributed by atoms with E-state index in [1.54, 1.807) is 0 Å². The van der Waals surface area contributed by atoms with E-state index in [2.05, 4.69) is 5.16 Å². The van der Waals surface area contributed by atoms with Crippen molar-refractivity contribution < 1.29 is 14.4 Å². The molecule has 2 rings (SSSR count). The number of carbonyl (C=O) groups is 1. The Kier molecular flexibility index (Phi) is 2.15. The molecular weight excluding hydrogens is 184 g/mol. The standard InChI is InChI=1S/C9H12N2O3/c10-6-7(5-3-1-2-4-5)11-14-8(6)9(12)13/h5H,1-4,10H2,(H,12,13). The maximum Gasteiger partial charge on any atom is 0.376 e. The molecule has 0 aromatic carbocycles. The SMILES string of the molecule is Nc1c(C2CCCC2)noc1C(=O)O. The van der Waals surface area contributed by atoms with Gasteiger partial charge < -0.3 is 15.4 Å². The van der Waals surface area contributed by atoms with Crippen LogP contribution in [0.1, 0.15) is 47.8 Å². The molecule has 0 spiro atoms.